The smallest absolute Gasteiger partial charge is 0.267 e. The molecule has 6 nitrogen and oxygen atoms in total. The second-order valence-corrected chi connectivity index (χ2v) is 8.62. The molecule has 7 heteroatoms. The Morgan fingerprint density at radius 1 is 1.22 bits per heavy atom. The number of nitrogens with one attached hydrogen (secondary N) is 1. The van der Waals surface area contributed by atoms with Gasteiger partial charge in [0.15, 0.2) is 0 Å². The summed E-state index contributed by atoms with van der Waals surface area (Å²) >= 11 is 0. The van der Waals surface area contributed by atoms with E-state index in [9.17, 15) is 13.2 Å². The molecular weight excluding hydrogens is 314 g/mol. The van der Waals surface area contributed by atoms with E-state index in [1.54, 1.807) is 4.68 Å². The lowest BCUT2D eigenvalue weighted by Gasteiger charge is -2.36. The van der Waals surface area contributed by atoms with Crippen molar-refractivity contribution in [1.29, 1.82) is 0 Å². The van der Waals surface area contributed by atoms with Crippen molar-refractivity contribution in [1.82, 2.24) is 14.5 Å². The molecule has 2 bridgehead atoms. The molecule has 0 unspecified atom stereocenters. The molecule has 0 saturated heterocycles. The lowest BCUT2D eigenvalue weighted by molar-refractivity contribution is -0.125. The van der Waals surface area contributed by atoms with E-state index in [-0.39, 0.29) is 22.6 Å². The van der Waals surface area contributed by atoms with E-state index in [0.717, 1.165) is 38.5 Å². The SMILES string of the molecule is O=C(NS(=O)(=O)c1cnn(C2CCC2)c1)[C@@H]1C[C@@H]2C=C[C@H]1CC2. The molecule has 1 N–H and O–H groups in total. The van der Waals surface area contributed by atoms with E-state index >= 15 is 0 Å². The summed E-state index contributed by atoms with van der Waals surface area (Å²) in [6.07, 6.45) is 13.2. The molecule has 1 heterocycles. The molecule has 2 fully saturated rings. The van der Waals surface area contributed by atoms with Gasteiger partial charge < -0.3 is 0 Å². The molecular formula is C16H21N3O3S. The average molecular weight is 335 g/mol. The van der Waals surface area contributed by atoms with Crippen LogP contribution in [-0.4, -0.2) is 24.1 Å². The molecule has 3 atom stereocenters. The van der Waals surface area contributed by atoms with Gasteiger partial charge in [0, 0.05) is 12.1 Å². The second kappa shape index (κ2) is 5.47. The second-order valence-electron chi connectivity index (χ2n) is 6.94. The normalized spacial score (nSPS) is 30.2. The van der Waals surface area contributed by atoms with Crippen molar-refractivity contribution in [2.45, 2.75) is 49.5 Å². The Kier molecular flexibility index (Phi) is 3.55. The van der Waals surface area contributed by atoms with Crippen molar-refractivity contribution in [2.24, 2.45) is 17.8 Å². The molecule has 0 radical (unpaired) electrons. The number of fused-ring (bicyclic) bond motifs is 2. The van der Waals surface area contributed by atoms with E-state index in [2.05, 4.69) is 22.0 Å². The van der Waals surface area contributed by atoms with Crippen LogP contribution in [0.15, 0.2) is 29.4 Å². The standard InChI is InChI=1S/C16H21N3O3S/c20-16(15-8-11-4-6-12(15)7-5-11)18-23(21,22)14-9-17-19(10-14)13-2-1-3-13/h4,6,9-13,15H,1-3,5,7-8H2,(H,18,20)/t11-,12+,15-/m1/s1. The minimum Gasteiger partial charge on any atom is -0.274 e. The fourth-order valence-corrected chi connectivity index (χ4v) is 4.78. The van der Waals surface area contributed by atoms with Gasteiger partial charge in [-0.25, -0.2) is 13.1 Å². The van der Waals surface area contributed by atoms with E-state index in [1.165, 1.54) is 12.4 Å². The highest BCUT2D eigenvalue weighted by Gasteiger charge is 2.38. The molecule has 1 aromatic heterocycles. The van der Waals surface area contributed by atoms with E-state index < -0.39 is 10.0 Å². The first-order valence-corrected chi connectivity index (χ1v) is 9.80. The Labute approximate surface area is 136 Å². The summed E-state index contributed by atoms with van der Waals surface area (Å²) < 4.78 is 28.8. The van der Waals surface area contributed by atoms with Crippen molar-refractivity contribution in [3.8, 4) is 0 Å². The van der Waals surface area contributed by atoms with Crippen LogP contribution in [0.5, 0.6) is 0 Å². The first-order valence-electron chi connectivity index (χ1n) is 8.32. The Morgan fingerprint density at radius 3 is 2.61 bits per heavy atom. The van der Waals surface area contributed by atoms with Crippen LogP contribution >= 0.6 is 0 Å². The van der Waals surface area contributed by atoms with Crippen LogP contribution in [-0.2, 0) is 14.8 Å². The van der Waals surface area contributed by atoms with Crippen molar-refractivity contribution in [2.75, 3.05) is 0 Å². The summed E-state index contributed by atoms with van der Waals surface area (Å²) in [6.45, 7) is 0. The summed E-state index contributed by atoms with van der Waals surface area (Å²) in [6, 6.07) is 0.300. The van der Waals surface area contributed by atoms with Gasteiger partial charge in [0.25, 0.3) is 10.0 Å². The van der Waals surface area contributed by atoms with Gasteiger partial charge in [0.05, 0.1) is 12.2 Å². The average Bonchev–Trinajstić information content (AvgIpc) is 2.96. The Balaban J connectivity index is 1.47. The predicted octanol–water partition coefficient (Wildman–Crippen LogP) is 2.02. The van der Waals surface area contributed by atoms with E-state index in [1.807, 2.05) is 0 Å². The maximum atomic E-state index is 12.4. The summed E-state index contributed by atoms with van der Waals surface area (Å²) in [5.74, 6) is -0.0108. The highest BCUT2D eigenvalue weighted by atomic mass is 32.2. The number of aromatic nitrogens is 2. The maximum Gasteiger partial charge on any atom is 0.267 e. The monoisotopic (exact) mass is 335 g/mol. The van der Waals surface area contributed by atoms with Crippen LogP contribution in [0.3, 0.4) is 0 Å². The van der Waals surface area contributed by atoms with Crippen LogP contribution < -0.4 is 4.72 Å². The maximum absolute atomic E-state index is 12.4. The fraction of sp³-hybridized carbons (Fsp3) is 0.625. The molecule has 4 aliphatic rings. The lowest BCUT2D eigenvalue weighted by Crippen LogP contribution is -2.42. The number of allylic oxidation sites excluding steroid dienone is 2. The van der Waals surface area contributed by atoms with Crippen molar-refractivity contribution < 1.29 is 13.2 Å². The van der Waals surface area contributed by atoms with Crippen molar-refractivity contribution >= 4 is 15.9 Å². The van der Waals surface area contributed by atoms with Crippen LogP contribution in [0.2, 0.25) is 0 Å². The van der Waals surface area contributed by atoms with Gasteiger partial charge in [-0.15, -0.1) is 0 Å². The first kappa shape index (κ1) is 14.9. The number of sulfonamides is 1. The summed E-state index contributed by atoms with van der Waals surface area (Å²) in [4.78, 5) is 12.5. The van der Waals surface area contributed by atoms with Crippen LogP contribution in [0.25, 0.3) is 0 Å². The number of hydrogen-bond acceptors (Lipinski definition) is 4. The zero-order valence-corrected chi connectivity index (χ0v) is 13.7. The molecule has 5 rings (SSSR count). The number of carbonyl (C=O) groups excluding carboxylic acids is 1. The first-order chi connectivity index (χ1) is 11.0. The topological polar surface area (TPSA) is 81.1 Å². The van der Waals surface area contributed by atoms with Crippen LogP contribution in [0.1, 0.15) is 44.6 Å². The Hall–Kier alpha value is -1.63. The third-order valence-corrected chi connectivity index (χ3v) is 6.78. The zero-order chi connectivity index (χ0) is 16.0. The molecule has 0 aliphatic heterocycles. The van der Waals surface area contributed by atoms with Gasteiger partial charge in [-0.05, 0) is 50.4 Å². The number of hydrogen-bond donors (Lipinski definition) is 1. The van der Waals surface area contributed by atoms with Gasteiger partial charge >= 0.3 is 0 Å². The molecule has 1 aromatic rings. The Bertz CT molecular complexity index is 748. The molecule has 4 aliphatic carbocycles. The summed E-state index contributed by atoms with van der Waals surface area (Å²) in [7, 11) is -3.83. The van der Waals surface area contributed by atoms with Crippen molar-refractivity contribution in [3.05, 3.63) is 24.5 Å². The minimum atomic E-state index is -3.83. The molecule has 2 saturated carbocycles. The largest absolute Gasteiger partial charge is 0.274 e. The molecule has 124 valence electrons. The molecule has 23 heavy (non-hydrogen) atoms. The third kappa shape index (κ3) is 2.71. The van der Waals surface area contributed by atoms with Gasteiger partial charge in [0.2, 0.25) is 5.91 Å². The Morgan fingerprint density at radius 2 is 2.04 bits per heavy atom. The summed E-state index contributed by atoms with van der Waals surface area (Å²) in [5.41, 5.74) is 0. The fourth-order valence-electron chi connectivity index (χ4n) is 3.81. The van der Waals surface area contributed by atoms with Gasteiger partial charge in [-0.1, -0.05) is 12.2 Å². The van der Waals surface area contributed by atoms with Gasteiger partial charge in [-0.3, -0.25) is 9.48 Å². The van der Waals surface area contributed by atoms with Crippen LogP contribution in [0, 0.1) is 17.8 Å². The highest BCUT2D eigenvalue weighted by molar-refractivity contribution is 7.90. The number of nitrogens with zero attached hydrogens (tertiary/aromatic N) is 2. The van der Waals surface area contributed by atoms with Gasteiger partial charge in [-0.2, -0.15) is 5.10 Å². The number of carbonyl (C=O) groups is 1. The minimum absolute atomic E-state index is 0.0780. The highest BCUT2D eigenvalue weighted by Crippen LogP contribution is 2.40. The zero-order valence-electron chi connectivity index (χ0n) is 12.9. The quantitative estimate of drug-likeness (QED) is 0.854. The lowest BCUT2D eigenvalue weighted by atomic mass is 9.69. The number of amides is 1. The predicted molar refractivity (Wildman–Crippen MR) is 83.9 cm³/mol. The van der Waals surface area contributed by atoms with E-state index in [0.29, 0.717) is 12.0 Å². The van der Waals surface area contributed by atoms with Crippen LogP contribution in [0.4, 0.5) is 0 Å². The van der Waals surface area contributed by atoms with Crippen molar-refractivity contribution in [3.63, 3.8) is 0 Å². The number of rotatable bonds is 4. The summed E-state index contributed by atoms with van der Waals surface area (Å²) in [5, 5.41) is 4.14. The third-order valence-electron chi connectivity index (χ3n) is 5.48. The van der Waals surface area contributed by atoms with E-state index in [4.69, 9.17) is 0 Å². The molecule has 1 amide bonds. The van der Waals surface area contributed by atoms with Gasteiger partial charge in [0.1, 0.15) is 4.90 Å². The molecule has 0 spiro atoms. The molecule has 0 aromatic carbocycles.